The Hall–Kier alpha value is -3.22. The number of rotatable bonds is 3. The smallest absolute Gasteiger partial charge is 0.260 e. The van der Waals surface area contributed by atoms with Gasteiger partial charge in [0.05, 0.1) is 11.1 Å². The molecule has 0 spiro atoms. The maximum Gasteiger partial charge on any atom is 0.260 e. The molecule has 0 saturated carbocycles. The zero-order valence-electron chi connectivity index (χ0n) is 15.3. The van der Waals surface area contributed by atoms with Crippen LogP contribution < -0.4 is 4.74 Å². The van der Waals surface area contributed by atoms with E-state index in [4.69, 9.17) is 16.3 Å². The largest absolute Gasteiger partial charge is 0.436 e. The standard InChI is InChI=1S/C23H12ClFN2O2S/c24-23-26-12-17(25)22(27-23)29-18-10-9-13-5-1-2-6-14(13)16(18)11-20-21(28)15-7-3-4-8-19(15)30-20/h1-12H/b20-11-. The van der Waals surface area contributed by atoms with Gasteiger partial charge < -0.3 is 4.74 Å². The van der Waals surface area contributed by atoms with Crippen molar-refractivity contribution in [3.8, 4) is 11.6 Å². The van der Waals surface area contributed by atoms with Gasteiger partial charge in [0.25, 0.3) is 5.88 Å². The van der Waals surface area contributed by atoms with Crippen LogP contribution >= 0.6 is 23.4 Å². The van der Waals surface area contributed by atoms with Gasteiger partial charge in [-0.05, 0) is 46.6 Å². The molecule has 0 bridgehead atoms. The van der Waals surface area contributed by atoms with Crippen molar-refractivity contribution in [1.29, 1.82) is 0 Å². The third kappa shape index (κ3) is 3.34. The molecule has 0 aliphatic carbocycles. The molecule has 1 aliphatic heterocycles. The van der Waals surface area contributed by atoms with Crippen molar-refractivity contribution in [3.05, 3.63) is 94.0 Å². The Morgan fingerprint density at radius 3 is 2.70 bits per heavy atom. The van der Waals surface area contributed by atoms with Gasteiger partial charge in [0, 0.05) is 16.0 Å². The molecule has 0 unspecified atom stereocenters. The van der Waals surface area contributed by atoms with E-state index < -0.39 is 5.82 Å². The fourth-order valence-corrected chi connectivity index (χ4v) is 4.45. The number of ketones is 1. The van der Waals surface area contributed by atoms with Crippen LogP contribution in [0.5, 0.6) is 11.6 Å². The van der Waals surface area contributed by atoms with Crippen molar-refractivity contribution >= 4 is 46.0 Å². The second-order valence-electron chi connectivity index (χ2n) is 6.53. The van der Waals surface area contributed by atoms with E-state index in [1.807, 2.05) is 54.6 Å². The lowest BCUT2D eigenvalue weighted by atomic mass is 10.0. The summed E-state index contributed by atoms with van der Waals surface area (Å²) in [4.78, 5) is 21.8. The fourth-order valence-electron chi connectivity index (χ4n) is 3.29. The third-order valence-corrected chi connectivity index (χ3v) is 5.95. The lowest BCUT2D eigenvalue weighted by Crippen LogP contribution is -1.98. The van der Waals surface area contributed by atoms with Crippen LogP contribution in [0.15, 0.2) is 76.7 Å². The van der Waals surface area contributed by atoms with Gasteiger partial charge in [-0.15, -0.1) is 0 Å². The van der Waals surface area contributed by atoms with Crippen LogP contribution in [0.25, 0.3) is 16.8 Å². The number of fused-ring (bicyclic) bond motifs is 2. The van der Waals surface area contributed by atoms with Gasteiger partial charge in [-0.25, -0.2) is 4.98 Å². The number of Topliss-reactive ketones (excluding diaryl/α,β-unsaturated/α-hetero) is 1. The maximum atomic E-state index is 14.2. The number of allylic oxidation sites excluding steroid dienone is 1. The number of thioether (sulfide) groups is 1. The minimum absolute atomic E-state index is 0.0502. The van der Waals surface area contributed by atoms with E-state index in [1.54, 1.807) is 12.1 Å². The Kier molecular flexibility index (Phi) is 4.73. The summed E-state index contributed by atoms with van der Waals surface area (Å²) >= 11 is 7.20. The van der Waals surface area contributed by atoms with E-state index in [2.05, 4.69) is 9.97 Å². The number of carbonyl (C=O) groups excluding carboxylic acids is 1. The summed E-state index contributed by atoms with van der Waals surface area (Å²) in [6, 6.07) is 18.8. The first-order valence-corrected chi connectivity index (χ1v) is 10.2. The van der Waals surface area contributed by atoms with E-state index in [-0.39, 0.29) is 16.9 Å². The topological polar surface area (TPSA) is 52.1 Å². The van der Waals surface area contributed by atoms with Crippen molar-refractivity contribution in [2.75, 3.05) is 0 Å². The molecular weight excluding hydrogens is 423 g/mol. The second kappa shape index (κ2) is 7.55. The van der Waals surface area contributed by atoms with Crippen LogP contribution in [-0.2, 0) is 0 Å². The molecule has 0 atom stereocenters. The molecule has 4 nitrogen and oxygen atoms in total. The molecule has 1 aliphatic rings. The molecule has 0 fully saturated rings. The predicted molar refractivity (Wildman–Crippen MR) is 116 cm³/mol. The first kappa shape index (κ1) is 18.8. The monoisotopic (exact) mass is 434 g/mol. The van der Waals surface area contributed by atoms with Gasteiger partial charge >= 0.3 is 0 Å². The number of carbonyl (C=O) groups is 1. The fraction of sp³-hybridized carbons (Fsp3) is 0. The zero-order chi connectivity index (χ0) is 20.7. The molecule has 30 heavy (non-hydrogen) atoms. The van der Waals surface area contributed by atoms with Gasteiger partial charge in [-0.1, -0.05) is 54.2 Å². The van der Waals surface area contributed by atoms with Crippen molar-refractivity contribution in [2.24, 2.45) is 0 Å². The Morgan fingerprint density at radius 1 is 1.03 bits per heavy atom. The SMILES string of the molecule is O=C1/C(=C/c2c(Oc3nc(Cl)ncc3F)ccc3ccccc23)Sc2ccccc21. The molecule has 0 N–H and O–H groups in total. The van der Waals surface area contributed by atoms with Crippen LogP contribution in [0.2, 0.25) is 5.28 Å². The number of aromatic nitrogens is 2. The summed E-state index contributed by atoms with van der Waals surface area (Å²) < 4.78 is 19.9. The van der Waals surface area contributed by atoms with Crippen molar-refractivity contribution < 1.29 is 13.9 Å². The van der Waals surface area contributed by atoms with Crippen LogP contribution in [0, 0.1) is 5.82 Å². The van der Waals surface area contributed by atoms with E-state index in [9.17, 15) is 9.18 Å². The number of ether oxygens (including phenoxy) is 1. The predicted octanol–water partition coefficient (Wildman–Crippen LogP) is 6.54. The average molecular weight is 435 g/mol. The summed E-state index contributed by atoms with van der Waals surface area (Å²) in [6.45, 7) is 0. The molecule has 1 aromatic heterocycles. The molecule has 0 amide bonds. The molecule has 3 aromatic carbocycles. The molecular formula is C23H12ClFN2O2S. The highest BCUT2D eigenvalue weighted by atomic mass is 35.5. The summed E-state index contributed by atoms with van der Waals surface area (Å²) in [5, 5.41) is 1.71. The number of hydrogen-bond acceptors (Lipinski definition) is 5. The molecule has 0 radical (unpaired) electrons. The van der Waals surface area contributed by atoms with E-state index >= 15 is 0 Å². The lowest BCUT2D eigenvalue weighted by molar-refractivity contribution is 0.104. The average Bonchev–Trinajstić information content (AvgIpc) is 3.08. The minimum Gasteiger partial charge on any atom is -0.436 e. The van der Waals surface area contributed by atoms with Crippen molar-refractivity contribution in [1.82, 2.24) is 9.97 Å². The van der Waals surface area contributed by atoms with Gasteiger partial charge in [-0.3, -0.25) is 4.79 Å². The van der Waals surface area contributed by atoms with Crippen molar-refractivity contribution in [3.63, 3.8) is 0 Å². The number of hydrogen-bond donors (Lipinski definition) is 0. The number of benzene rings is 3. The van der Waals surface area contributed by atoms with Crippen molar-refractivity contribution in [2.45, 2.75) is 4.90 Å². The van der Waals surface area contributed by atoms with E-state index in [0.717, 1.165) is 21.9 Å². The highest BCUT2D eigenvalue weighted by Crippen LogP contribution is 2.43. The van der Waals surface area contributed by atoms with Gasteiger partial charge in [0.15, 0.2) is 0 Å². The molecule has 0 saturated heterocycles. The van der Waals surface area contributed by atoms with Crippen LogP contribution in [0.1, 0.15) is 15.9 Å². The van der Waals surface area contributed by atoms with E-state index in [0.29, 0.717) is 21.8 Å². The summed E-state index contributed by atoms with van der Waals surface area (Å²) in [7, 11) is 0. The van der Waals surface area contributed by atoms with Crippen LogP contribution in [0.4, 0.5) is 4.39 Å². The van der Waals surface area contributed by atoms with Crippen LogP contribution in [-0.4, -0.2) is 15.8 Å². The van der Waals surface area contributed by atoms with Gasteiger partial charge in [0.2, 0.25) is 16.9 Å². The molecule has 146 valence electrons. The first-order chi connectivity index (χ1) is 14.6. The third-order valence-electron chi connectivity index (χ3n) is 4.67. The molecule has 2 heterocycles. The number of halogens is 2. The van der Waals surface area contributed by atoms with Gasteiger partial charge in [-0.2, -0.15) is 9.37 Å². The summed E-state index contributed by atoms with van der Waals surface area (Å²) in [6.07, 6.45) is 2.74. The van der Waals surface area contributed by atoms with Crippen LogP contribution in [0.3, 0.4) is 0 Å². The summed E-state index contributed by atoms with van der Waals surface area (Å²) in [5.41, 5.74) is 1.33. The Balaban J connectivity index is 1.66. The van der Waals surface area contributed by atoms with E-state index in [1.165, 1.54) is 11.8 Å². The summed E-state index contributed by atoms with van der Waals surface area (Å²) in [5.74, 6) is -0.700. The molecule has 7 heteroatoms. The normalized spacial score (nSPS) is 14.3. The molecule has 4 aromatic rings. The maximum absolute atomic E-state index is 14.2. The molecule has 5 rings (SSSR count). The van der Waals surface area contributed by atoms with Gasteiger partial charge in [0.1, 0.15) is 5.75 Å². The number of nitrogens with zero attached hydrogens (tertiary/aromatic N) is 2. The Morgan fingerprint density at radius 2 is 1.83 bits per heavy atom. The lowest BCUT2D eigenvalue weighted by Gasteiger charge is -2.12. The first-order valence-electron chi connectivity index (χ1n) is 9.01. The highest BCUT2D eigenvalue weighted by molar-refractivity contribution is 8.04. The Bertz CT molecular complexity index is 1360. The highest BCUT2D eigenvalue weighted by Gasteiger charge is 2.26. The quantitative estimate of drug-likeness (QED) is 0.270. The Labute approximate surface area is 180 Å². The second-order valence-corrected chi connectivity index (χ2v) is 7.95. The zero-order valence-corrected chi connectivity index (χ0v) is 16.9. The minimum atomic E-state index is -0.732.